The zero-order chi connectivity index (χ0) is 33.9. The highest BCUT2D eigenvalue weighted by Gasteiger charge is 2.90. The lowest BCUT2D eigenvalue weighted by Crippen LogP contribution is -2.76. The van der Waals surface area contributed by atoms with Gasteiger partial charge in [0.2, 0.25) is 0 Å². The molecular weight excluding hydrogens is 608 g/mol. The number of ether oxygens (including phenoxy) is 4. The summed E-state index contributed by atoms with van der Waals surface area (Å²) in [6.45, 7) is 12.8. The predicted octanol–water partition coefficient (Wildman–Crippen LogP) is 1.66. The maximum atomic E-state index is 14.0. The van der Waals surface area contributed by atoms with Crippen LogP contribution in [0.2, 0.25) is 0 Å². The number of aliphatic hydroxyl groups is 6. The molecule has 8 rings (SSSR count). The summed E-state index contributed by atoms with van der Waals surface area (Å²) in [7, 11) is 0. The fourth-order valence-corrected chi connectivity index (χ4v) is 13.8. The van der Waals surface area contributed by atoms with Crippen LogP contribution in [0.5, 0.6) is 0 Å². The smallest absolute Gasteiger partial charge is 0.315 e. The molecule has 1 spiro atoms. The van der Waals surface area contributed by atoms with Gasteiger partial charge in [-0.25, -0.2) is 0 Å². The van der Waals surface area contributed by atoms with Crippen LogP contribution < -0.4 is 0 Å². The van der Waals surface area contributed by atoms with E-state index in [1.807, 2.05) is 6.92 Å². The summed E-state index contributed by atoms with van der Waals surface area (Å²) in [6, 6.07) is 0. The third-order valence-electron chi connectivity index (χ3n) is 16.5. The van der Waals surface area contributed by atoms with Gasteiger partial charge in [0.15, 0.2) is 11.9 Å². The minimum Gasteiger partial charge on any atom is -0.455 e. The van der Waals surface area contributed by atoms with Crippen molar-refractivity contribution in [1.82, 2.24) is 0 Å². The van der Waals surface area contributed by atoms with Gasteiger partial charge in [-0.2, -0.15) is 0 Å². The Labute approximate surface area is 277 Å². The van der Waals surface area contributed by atoms with Gasteiger partial charge in [0, 0.05) is 16.7 Å². The summed E-state index contributed by atoms with van der Waals surface area (Å²) in [5.74, 6) is -0.242. The molecule has 0 amide bonds. The molecule has 5 aliphatic carbocycles. The molecule has 6 N–H and O–H groups in total. The molecule has 11 heteroatoms. The first-order chi connectivity index (χ1) is 21.9. The summed E-state index contributed by atoms with van der Waals surface area (Å²) in [5.41, 5.74) is -3.49. The van der Waals surface area contributed by atoms with Crippen molar-refractivity contribution < 1.29 is 54.4 Å². The van der Waals surface area contributed by atoms with Crippen LogP contribution in [0.1, 0.15) is 92.9 Å². The number of fused-ring (bicyclic) bond motifs is 6. The molecule has 11 nitrogen and oxygen atoms in total. The van der Waals surface area contributed by atoms with Gasteiger partial charge in [-0.1, -0.05) is 41.5 Å². The van der Waals surface area contributed by atoms with Crippen LogP contribution in [-0.2, 0) is 23.7 Å². The summed E-state index contributed by atoms with van der Waals surface area (Å²) < 4.78 is 25.7. The Morgan fingerprint density at radius 1 is 0.830 bits per heavy atom. The summed E-state index contributed by atoms with van der Waals surface area (Å²) in [4.78, 5) is 14.0. The maximum Gasteiger partial charge on any atom is 0.315 e. The minimum atomic E-state index is -1.54. The van der Waals surface area contributed by atoms with Crippen molar-refractivity contribution in [2.75, 3.05) is 13.2 Å². The van der Waals surface area contributed by atoms with E-state index >= 15 is 0 Å². The number of esters is 1. The predicted molar refractivity (Wildman–Crippen MR) is 165 cm³/mol. The van der Waals surface area contributed by atoms with Crippen LogP contribution >= 0.6 is 0 Å². The molecule has 0 aromatic carbocycles. The van der Waals surface area contributed by atoms with Crippen molar-refractivity contribution in [3.63, 3.8) is 0 Å². The Bertz CT molecular complexity index is 1320. The molecule has 8 aliphatic rings. The molecule has 3 heterocycles. The van der Waals surface area contributed by atoms with Gasteiger partial charge in [0.25, 0.3) is 0 Å². The maximum absolute atomic E-state index is 14.0. The van der Waals surface area contributed by atoms with Crippen LogP contribution in [0.15, 0.2) is 0 Å². The first kappa shape index (κ1) is 33.3. The Hall–Kier alpha value is -0.890. The molecule has 0 unspecified atom stereocenters. The molecule has 47 heavy (non-hydrogen) atoms. The second-order valence-corrected chi connectivity index (χ2v) is 18.7. The third-order valence-corrected chi connectivity index (χ3v) is 16.5. The van der Waals surface area contributed by atoms with Gasteiger partial charge >= 0.3 is 5.97 Å². The Kier molecular flexibility index (Phi) is 7.01. The van der Waals surface area contributed by atoms with Crippen LogP contribution in [-0.4, -0.2) is 111 Å². The highest BCUT2D eigenvalue weighted by molar-refractivity contribution is 5.83. The molecule has 3 saturated heterocycles. The van der Waals surface area contributed by atoms with Crippen molar-refractivity contribution in [2.24, 2.45) is 50.2 Å². The zero-order valence-corrected chi connectivity index (χ0v) is 28.7. The number of aliphatic hydroxyl groups excluding tert-OH is 6. The Morgan fingerprint density at radius 2 is 1.55 bits per heavy atom. The summed E-state index contributed by atoms with van der Waals surface area (Å²) in [6.07, 6.45) is -2.78. The van der Waals surface area contributed by atoms with E-state index in [0.717, 1.165) is 32.1 Å². The number of hydrogen-bond donors (Lipinski definition) is 6. The largest absolute Gasteiger partial charge is 0.455 e. The van der Waals surface area contributed by atoms with E-state index in [-0.39, 0.29) is 58.8 Å². The number of carbonyl (C=O) groups excluding carboxylic acids is 1. The summed E-state index contributed by atoms with van der Waals surface area (Å²) in [5, 5.41) is 64.4. The van der Waals surface area contributed by atoms with E-state index in [4.69, 9.17) is 18.9 Å². The number of epoxide rings is 1. The monoisotopic (exact) mass is 664 g/mol. The van der Waals surface area contributed by atoms with Crippen molar-refractivity contribution in [3.05, 3.63) is 0 Å². The van der Waals surface area contributed by atoms with E-state index in [1.54, 1.807) is 0 Å². The first-order valence-electron chi connectivity index (χ1n) is 18.1. The fraction of sp³-hybridized carbons (Fsp3) is 0.972. The second kappa shape index (κ2) is 9.91. The van der Waals surface area contributed by atoms with E-state index in [2.05, 4.69) is 34.6 Å². The van der Waals surface area contributed by atoms with E-state index in [1.165, 1.54) is 0 Å². The van der Waals surface area contributed by atoms with Gasteiger partial charge in [-0.3, -0.25) is 4.79 Å². The van der Waals surface area contributed by atoms with Crippen LogP contribution in [0.3, 0.4) is 0 Å². The van der Waals surface area contributed by atoms with Gasteiger partial charge in [-0.05, 0) is 79.4 Å². The number of hydrogen-bond acceptors (Lipinski definition) is 11. The number of carbonyl (C=O) groups is 1. The van der Waals surface area contributed by atoms with Crippen LogP contribution in [0.4, 0.5) is 0 Å². The van der Waals surface area contributed by atoms with E-state index in [0.29, 0.717) is 19.3 Å². The van der Waals surface area contributed by atoms with Crippen LogP contribution in [0, 0.1) is 50.2 Å². The Morgan fingerprint density at radius 3 is 2.23 bits per heavy atom. The molecule has 18 atom stereocenters. The molecule has 2 bridgehead atoms. The van der Waals surface area contributed by atoms with Gasteiger partial charge in [0.1, 0.15) is 35.9 Å². The highest BCUT2D eigenvalue weighted by Crippen LogP contribution is 2.83. The minimum absolute atomic E-state index is 0.0107. The molecule has 3 aliphatic heterocycles. The van der Waals surface area contributed by atoms with Crippen molar-refractivity contribution in [3.8, 4) is 0 Å². The molecule has 266 valence electrons. The lowest BCUT2D eigenvalue weighted by atomic mass is 9.30. The normalized spacial score (nSPS) is 61.9. The van der Waals surface area contributed by atoms with Gasteiger partial charge in [-0.15, -0.1) is 0 Å². The van der Waals surface area contributed by atoms with Gasteiger partial charge in [0.05, 0.1) is 31.5 Å². The lowest BCUT2D eigenvalue weighted by Gasteiger charge is -2.73. The molecular formula is C36H56O11. The highest BCUT2D eigenvalue weighted by atomic mass is 16.7. The van der Waals surface area contributed by atoms with E-state index in [9.17, 15) is 35.4 Å². The van der Waals surface area contributed by atoms with Crippen molar-refractivity contribution >= 4 is 5.97 Å². The summed E-state index contributed by atoms with van der Waals surface area (Å²) >= 11 is 0. The molecule has 0 radical (unpaired) electrons. The lowest BCUT2D eigenvalue weighted by molar-refractivity contribution is -0.337. The van der Waals surface area contributed by atoms with Gasteiger partial charge < -0.3 is 49.6 Å². The Balaban J connectivity index is 1.14. The SMILES string of the molecule is CC1(C)CC[C@@]23C(=O)O[C@]4([C@@H]2C1)[C@H]1O[C@H]1[C@@H]1[C@@]2(C)CC[C@H](O[C@@H]5O[C@H](CO)[C@H](O)[C@H](O)[C@H]5O)[C@@](C)(CO)[C@@H]2CC[C@@]1(C)[C@]4(C)C[C@H]3O. The molecule has 0 aromatic heterocycles. The molecule has 5 saturated carbocycles. The van der Waals surface area contributed by atoms with E-state index < -0.39 is 71.4 Å². The number of rotatable bonds is 4. The molecule has 8 fully saturated rings. The zero-order valence-electron chi connectivity index (χ0n) is 28.7. The quantitative estimate of drug-likeness (QED) is 0.146. The average Bonchev–Trinajstić information content (AvgIpc) is 3.76. The average molecular weight is 665 g/mol. The van der Waals surface area contributed by atoms with Crippen molar-refractivity contribution in [2.45, 2.75) is 154 Å². The first-order valence-corrected chi connectivity index (χ1v) is 18.1. The van der Waals surface area contributed by atoms with Crippen molar-refractivity contribution in [1.29, 1.82) is 0 Å². The standard InChI is InChI=1S/C36H56O11/c1-30(2)11-12-35-19(13-30)36(47-29(35)43)27-25(46-27)26-31(3)9-8-21(45-28-24(42)23(41)22(40)17(15-37)44-28)32(4,16-38)18(31)7-10-33(26,5)34(36,6)14-20(35)39/h17-28,37-42H,7-16H2,1-6H3/t17-,18-,19-,20-,21+,22+,23+,24-,25+,26-,27+,28+,31+,32+,33-,34+,35-,36-/m1/s1. The third kappa shape index (κ3) is 3.72. The topological polar surface area (TPSA) is 179 Å². The van der Waals surface area contributed by atoms with Crippen LogP contribution in [0.25, 0.3) is 0 Å². The fourth-order valence-electron chi connectivity index (χ4n) is 13.8. The molecule has 0 aromatic rings. The second-order valence-electron chi connectivity index (χ2n) is 18.7.